The molecule has 1 aliphatic heterocycles. The van der Waals surface area contributed by atoms with Crippen LogP contribution in [0.2, 0.25) is 0 Å². The predicted octanol–water partition coefficient (Wildman–Crippen LogP) is 1.72. The van der Waals surface area contributed by atoms with E-state index in [4.69, 9.17) is 5.11 Å². The first-order chi connectivity index (χ1) is 9.87. The minimum atomic E-state index is -2.92. The van der Waals surface area contributed by atoms with E-state index in [-0.39, 0.29) is 11.5 Å². The number of nitrogens with zero attached hydrogens (tertiary/aromatic N) is 1. The Bertz CT molecular complexity index is 664. The Hall–Kier alpha value is -1.82. The monoisotopic (exact) mass is 309 g/mol. The molecule has 0 spiro atoms. The Kier molecular flexibility index (Phi) is 4.67. The number of anilines is 1. The van der Waals surface area contributed by atoms with E-state index in [0.29, 0.717) is 13.0 Å². The summed E-state index contributed by atoms with van der Waals surface area (Å²) >= 11 is 0. The fourth-order valence-electron chi connectivity index (χ4n) is 2.48. The molecule has 0 radical (unpaired) electrons. The molecule has 1 N–H and O–H groups in total. The summed E-state index contributed by atoms with van der Waals surface area (Å²) < 4.78 is 23.3. The van der Waals surface area contributed by atoms with Crippen molar-refractivity contribution >= 4 is 27.6 Å². The van der Waals surface area contributed by atoms with Crippen LogP contribution >= 0.6 is 0 Å². The minimum Gasteiger partial charge on any atom is -0.478 e. The zero-order valence-electron chi connectivity index (χ0n) is 11.9. The molecule has 21 heavy (non-hydrogen) atoms. The Morgan fingerprint density at radius 1 is 1.29 bits per heavy atom. The van der Waals surface area contributed by atoms with Gasteiger partial charge in [0.25, 0.3) is 0 Å². The van der Waals surface area contributed by atoms with Gasteiger partial charge in [-0.05, 0) is 42.7 Å². The van der Waals surface area contributed by atoms with E-state index in [9.17, 15) is 13.2 Å². The Balaban J connectivity index is 2.19. The number of sulfone groups is 1. The average Bonchev–Trinajstić information content (AvgIpc) is 2.58. The van der Waals surface area contributed by atoms with E-state index in [1.807, 2.05) is 25.1 Å². The fraction of sp³-hybridized carbons (Fsp3) is 0.400. The Morgan fingerprint density at radius 3 is 2.71 bits per heavy atom. The summed E-state index contributed by atoms with van der Waals surface area (Å²) in [6.45, 7) is 3.19. The highest BCUT2D eigenvalue weighted by atomic mass is 32.2. The van der Waals surface area contributed by atoms with Crippen molar-refractivity contribution in [1.29, 1.82) is 0 Å². The standard InChI is InChI=1S/C15H19NO4S/c1-12-11-13(4-6-15(17)18)3-5-14(12)16-7-2-9-21(19,20)10-8-16/h3-6,11H,2,7-10H2,1H3,(H,17,18)/b6-4+. The van der Waals surface area contributed by atoms with Gasteiger partial charge in [0.2, 0.25) is 0 Å². The third kappa shape index (κ3) is 4.32. The average molecular weight is 309 g/mol. The van der Waals surface area contributed by atoms with Crippen molar-refractivity contribution in [2.45, 2.75) is 13.3 Å². The first-order valence-corrected chi connectivity index (χ1v) is 8.66. The van der Waals surface area contributed by atoms with Crippen LogP contribution in [0.15, 0.2) is 24.3 Å². The molecule has 5 nitrogen and oxygen atoms in total. The van der Waals surface area contributed by atoms with Gasteiger partial charge in [0.1, 0.15) is 0 Å². The van der Waals surface area contributed by atoms with Crippen LogP contribution in [0.5, 0.6) is 0 Å². The fourth-order valence-corrected chi connectivity index (χ4v) is 3.76. The van der Waals surface area contributed by atoms with Crippen molar-refractivity contribution in [2.24, 2.45) is 0 Å². The van der Waals surface area contributed by atoms with Crippen molar-refractivity contribution in [3.05, 3.63) is 35.4 Å². The maximum atomic E-state index is 11.6. The Labute approximate surface area is 124 Å². The summed E-state index contributed by atoms with van der Waals surface area (Å²) in [4.78, 5) is 12.6. The van der Waals surface area contributed by atoms with Crippen molar-refractivity contribution in [3.8, 4) is 0 Å². The molecule has 114 valence electrons. The molecular weight excluding hydrogens is 290 g/mol. The van der Waals surface area contributed by atoms with Gasteiger partial charge in [-0.2, -0.15) is 0 Å². The highest BCUT2D eigenvalue weighted by Gasteiger charge is 2.20. The predicted molar refractivity (Wildman–Crippen MR) is 83.3 cm³/mol. The van der Waals surface area contributed by atoms with Crippen molar-refractivity contribution in [1.82, 2.24) is 0 Å². The normalized spacial score (nSPS) is 18.6. The summed E-state index contributed by atoms with van der Waals surface area (Å²) in [5.74, 6) is -0.538. The lowest BCUT2D eigenvalue weighted by Gasteiger charge is -2.24. The van der Waals surface area contributed by atoms with Crippen LogP contribution in [0.3, 0.4) is 0 Å². The van der Waals surface area contributed by atoms with Gasteiger partial charge in [-0.3, -0.25) is 0 Å². The zero-order chi connectivity index (χ0) is 15.5. The van der Waals surface area contributed by atoms with E-state index in [1.165, 1.54) is 0 Å². The van der Waals surface area contributed by atoms with E-state index >= 15 is 0 Å². The zero-order valence-corrected chi connectivity index (χ0v) is 12.8. The number of carboxylic acids is 1. The number of rotatable bonds is 3. The molecule has 0 bridgehead atoms. The van der Waals surface area contributed by atoms with Crippen LogP contribution in [0.1, 0.15) is 17.5 Å². The number of aryl methyl sites for hydroxylation is 1. The van der Waals surface area contributed by atoms with Crippen LogP contribution in [-0.2, 0) is 14.6 Å². The van der Waals surface area contributed by atoms with Crippen molar-refractivity contribution in [2.75, 3.05) is 29.5 Å². The van der Waals surface area contributed by atoms with Gasteiger partial charge in [-0.15, -0.1) is 0 Å². The topological polar surface area (TPSA) is 74.7 Å². The van der Waals surface area contributed by atoms with E-state index < -0.39 is 15.8 Å². The lowest BCUT2D eigenvalue weighted by atomic mass is 10.1. The number of carboxylic acid groups (broad SMARTS) is 1. The minimum absolute atomic E-state index is 0.188. The van der Waals surface area contributed by atoms with E-state index in [1.54, 1.807) is 6.08 Å². The van der Waals surface area contributed by atoms with Gasteiger partial charge in [-0.1, -0.05) is 6.07 Å². The largest absolute Gasteiger partial charge is 0.478 e. The molecule has 0 aliphatic carbocycles. The summed E-state index contributed by atoms with van der Waals surface area (Å²) in [6, 6.07) is 5.68. The third-order valence-electron chi connectivity index (χ3n) is 3.54. The number of hydrogen-bond acceptors (Lipinski definition) is 4. The van der Waals surface area contributed by atoms with E-state index in [2.05, 4.69) is 4.90 Å². The van der Waals surface area contributed by atoms with Crippen LogP contribution < -0.4 is 4.90 Å². The maximum absolute atomic E-state index is 11.6. The molecule has 6 heteroatoms. The van der Waals surface area contributed by atoms with Gasteiger partial charge in [-0.25, -0.2) is 13.2 Å². The molecule has 0 unspecified atom stereocenters. The lowest BCUT2D eigenvalue weighted by Crippen LogP contribution is -2.27. The van der Waals surface area contributed by atoms with Gasteiger partial charge in [0.05, 0.1) is 11.5 Å². The molecule has 0 aromatic heterocycles. The summed E-state index contributed by atoms with van der Waals surface area (Å²) in [6.07, 6.45) is 3.29. The van der Waals surface area contributed by atoms with Gasteiger partial charge >= 0.3 is 5.97 Å². The first-order valence-electron chi connectivity index (χ1n) is 6.84. The Morgan fingerprint density at radius 2 is 2.05 bits per heavy atom. The highest BCUT2D eigenvalue weighted by Crippen LogP contribution is 2.23. The molecule has 1 aromatic rings. The summed E-state index contributed by atoms with van der Waals surface area (Å²) in [5.41, 5.74) is 2.85. The molecule has 1 heterocycles. The third-order valence-corrected chi connectivity index (χ3v) is 5.25. The molecular formula is C15H19NO4S. The molecule has 0 atom stereocenters. The van der Waals surface area contributed by atoms with Crippen LogP contribution in [-0.4, -0.2) is 44.1 Å². The smallest absolute Gasteiger partial charge is 0.328 e. The molecule has 1 aliphatic rings. The van der Waals surface area contributed by atoms with Crippen LogP contribution in [0.4, 0.5) is 5.69 Å². The second-order valence-corrected chi connectivity index (χ2v) is 7.51. The lowest BCUT2D eigenvalue weighted by molar-refractivity contribution is -0.131. The second-order valence-electron chi connectivity index (χ2n) is 5.21. The molecule has 1 aromatic carbocycles. The number of benzene rings is 1. The quantitative estimate of drug-likeness (QED) is 0.861. The maximum Gasteiger partial charge on any atom is 0.328 e. The first kappa shape index (κ1) is 15.6. The molecule has 2 rings (SSSR count). The van der Waals surface area contributed by atoms with Gasteiger partial charge < -0.3 is 10.0 Å². The van der Waals surface area contributed by atoms with Gasteiger partial charge in [0.15, 0.2) is 9.84 Å². The summed E-state index contributed by atoms with van der Waals surface area (Å²) in [7, 11) is -2.92. The molecule has 1 saturated heterocycles. The van der Waals surface area contributed by atoms with E-state index in [0.717, 1.165) is 29.4 Å². The SMILES string of the molecule is Cc1cc(/C=C/C(=O)O)ccc1N1CCCS(=O)(=O)CC1. The second kappa shape index (κ2) is 6.30. The summed E-state index contributed by atoms with van der Waals surface area (Å²) in [5, 5.41) is 8.63. The number of aliphatic carboxylic acids is 1. The highest BCUT2D eigenvalue weighted by molar-refractivity contribution is 7.91. The molecule has 1 fully saturated rings. The number of carbonyl (C=O) groups is 1. The van der Waals surface area contributed by atoms with Gasteiger partial charge in [0, 0.05) is 24.9 Å². The van der Waals surface area contributed by atoms with Crippen molar-refractivity contribution in [3.63, 3.8) is 0 Å². The van der Waals surface area contributed by atoms with Crippen LogP contribution in [0, 0.1) is 6.92 Å². The molecule has 0 saturated carbocycles. The number of hydrogen-bond donors (Lipinski definition) is 1. The molecule has 0 amide bonds. The van der Waals surface area contributed by atoms with Crippen LogP contribution in [0.25, 0.3) is 6.08 Å². The van der Waals surface area contributed by atoms with Crippen molar-refractivity contribution < 1.29 is 18.3 Å².